The van der Waals surface area contributed by atoms with Gasteiger partial charge in [-0.2, -0.15) is 0 Å². The summed E-state index contributed by atoms with van der Waals surface area (Å²) in [6.07, 6.45) is 0. The van der Waals surface area contributed by atoms with E-state index in [4.69, 9.17) is 5.11 Å². The number of aliphatic hydroxyl groups excluding tert-OH is 1. The quantitative estimate of drug-likeness (QED) is 0.612. The number of aryl methyl sites for hydroxylation is 1. The predicted octanol–water partition coefficient (Wildman–Crippen LogP) is 0.663. The lowest BCUT2D eigenvalue weighted by Crippen LogP contribution is -1.80. The summed E-state index contributed by atoms with van der Waals surface area (Å²) in [6, 6.07) is 7.84. The molecule has 2 nitrogen and oxygen atoms in total. The van der Waals surface area contributed by atoms with E-state index >= 15 is 0 Å². The Bertz CT molecular complexity index is 179. The van der Waals surface area contributed by atoms with Crippen LogP contribution in [0.3, 0.4) is 0 Å². The SMILES string of the molecule is Cc1ccc(CO)cc1.O. The first-order valence-electron chi connectivity index (χ1n) is 2.99. The minimum atomic E-state index is 0. The average Bonchev–Trinajstić information content (AvgIpc) is 1.90. The molecule has 0 aliphatic carbocycles. The summed E-state index contributed by atoms with van der Waals surface area (Å²) >= 11 is 0. The summed E-state index contributed by atoms with van der Waals surface area (Å²) in [7, 11) is 0. The number of aliphatic hydroxyl groups is 1. The molecule has 0 atom stereocenters. The Labute approximate surface area is 60.4 Å². The molecule has 0 amide bonds. The molecule has 56 valence electrons. The summed E-state index contributed by atoms with van der Waals surface area (Å²) in [4.78, 5) is 0. The molecule has 0 radical (unpaired) electrons. The molecule has 0 bridgehead atoms. The summed E-state index contributed by atoms with van der Waals surface area (Å²) in [5, 5.41) is 8.63. The second-order valence-electron chi connectivity index (χ2n) is 2.14. The summed E-state index contributed by atoms with van der Waals surface area (Å²) < 4.78 is 0. The van der Waals surface area contributed by atoms with Crippen LogP contribution in [0.2, 0.25) is 0 Å². The molecule has 0 aliphatic heterocycles. The first-order chi connectivity index (χ1) is 4.33. The Morgan fingerprint density at radius 2 is 1.70 bits per heavy atom. The van der Waals surface area contributed by atoms with E-state index in [2.05, 4.69) is 0 Å². The summed E-state index contributed by atoms with van der Waals surface area (Å²) in [6.45, 7) is 2.17. The van der Waals surface area contributed by atoms with Crippen LogP contribution < -0.4 is 0 Å². The second kappa shape index (κ2) is 4.04. The van der Waals surface area contributed by atoms with E-state index in [9.17, 15) is 0 Å². The van der Waals surface area contributed by atoms with Crippen molar-refractivity contribution in [3.63, 3.8) is 0 Å². The van der Waals surface area contributed by atoms with Crippen LogP contribution in [0, 0.1) is 6.92 Å². The normalized spacial score (nSPS) is 8.60. The van der Waals surface area contributed by atoms with E-state index in [1.54, 1.807) is 0 Å². The van der Waals surface area contributed by atoms with E-state index in [1.165, 1.54) is 5.56 Å². The number of rotatable bonds is 1. The van der Waals surface area contributed by atoms with Crippen molar-refractivity contribution < 1.29 is 10.6 Å². The van der Waals surface area contributed by atoms with Crippen molar-refractivity contribution in [2.75, 3.05) is 0 Å². The smallest absolute Gasteiger partial charge is 0.0681 e. The number of hydrogen-bond acceptors (Lipinski definition) is 1. The lowest BCUT2D eigenvalue weighted by Gasteiger charge is -1.93. The van der Waals surface area contributed by atoms with Gasteiger partial charge in [-0.25, -0.2) is 0 Å². The monoisotopic (exact) mass is 140 g/mol. The van der Waals surface area contributed by atoms with Gasteiger partial charge in [-0.3, -0.25) is 0 Å². The maximum Gasteiger partial charge on any atom is 0.0681 e. The maximum atomic E-state index is 8.63. The zero-order valence-electron chi connectivity index (χ0n) is 5.96. The summed E-state index contributed by atoms with van der Waals surface area (Å²) in [5.74, 6) is 0. The van der Waals surface area contributed by atoms with E-state index in [1.807, 2.05) is 31.2 Å². The van der Waals surface area contributed by atoms with Gasteiger partial charge >= 0.3 is 0 Å². The Morgan fingerprint density at radius 1 is 1.20 bits per heavy atom. The van der Waals surface area contributed by atoms with Gasteiger partial charge in [0.2, 0.25) is 0 Å². The van der Waals surface area contributed by atoms with Crippen molar-refractivity contribution in [1.82, 2.24) is 0 Å². The summed E-state index contributed by atoms with van der Waals surface area (Å²) in [5.41, 5.74) is 2.20. The van der Waals surface area contributed by atoms with Gasteiger partial charge < -0.3 is 10.6 Å². The Balaban J connectivity index is 0.000000810. The topological polar surface area (TPSA) is 51.7 Å². The Kier molecular flexibility index (Phi) is 3.69. The fraction of sp³-hybridized carbons (Fsp3) is 0.250. The largest absolute Gasteiger partial charge is 0.412 e. The van der Waals surface area contributed by atoms with Crippen molar-refractivity contribution in [1.29, 1.82) is 0 Å². The molecule has 0 aromatic heterocycles. The standard InChI is InChI=1S/C8H10O.H2O/c1-7-2-4-8(6-9)5-3-7;/h2-5,9H,6H2,1H3;1H2. The highest BCUT2D eigenvalue weighted by Gasteiger charge is 1.85. The van der Waals surface area contributed by atoms with Crippen molar-refractivity contribution >= 4 is 0 Å². The minimum Gasteiger partial charge on any atom is -0.412 e. The average molecular weight is 140 g/mol. The van der Waals surface area contributed by atoms with Gasteiger partial charge in [0.05, 0.1) is 6.61 Å². The second-order valence-corrected chi connectivity index (χ2v) is 2.14. The first-order valence-corrected chi connectivity index (χ1v) is 2.99. The molecule has 1 aromatic carbocycles. The minimum absolute atomic E-state index is 0. The van der Waals surface area contributed by atoms with Gasteiger partial charge in [0.25, 0.3) is 0 Å². The van der Waals surface area contributed by atoms with Crippen LogP contribution in [0.25, 0.3) is 0 Å². The van der Waals surface area contributed by atoms with Gasteiger partial charge in [-0.05, 0) is 12.5 Å². The van der Waals surface area contributed by atoms with E-state index < -0.39 is 0 Å². The molecule has 0 aliphatic rings. The van der Waals surface area contributed by atoms with Crippen LogP contribution in [0.15, 0.2) is 24.3 Å². The number of hydrogen-bond donors (Lipinski definition) is 1. The van der Waals surface area contributed by atoms with Crippen LogP contribution in [-0.2, 0) is 6.61 Å². The fourth-order valence-corrected chi connectivity index (χ4v) is 0.693. The molecule has 2 heteroatoms. The predicted molar refractivity (Wildman–Crippen MR) is 40.7 cm³/mol. The van der Waals surface area contributed by atoms with Crippen molar-refractivity contribution in [3.05, 3.63) is 35.4 Å². The molecule has 0 fully saturated rings. The molecule has 0 saturated carbocycles. The molecule has 3 N–H and O–H groups in total. The van der Waals surface area contributed by atoms with Crippen LogP contribution in [0.5, 0.6) is 0 Å². The van der Waals surface area contributed by atoms with Gasteiger partial charge in [0, 0.05) is 0 Å². The molecular formula is C8H12O2. The lowest BCUT2D eigenvalue weighted by atomic mass is 10.2. The van der Waals surface area contributed by atoms with Gasteiger partial charge in [-0.15, -0.1) is 0 Å². The highest BCUT2D eigenvalue weighted by Crippen LogP contribution is 2.01. The lowest BCUT2D eigenvalue weighted by molar-refractivity contribution is 0.282. The van der Waals surface area contributed by atoms with Gasteiger partial charge in [0.1, 0.15) is 0 Å². The molecular weight excluding hydrogens is 128 g/mol. The van der Waals surface area contributed by atoms with E-state index in [0.29, 0.717) is 0 Å². The Morgan fingerprint density at radius 3 is 2.10 bits per heavy atom. The van der Waals surface area contributed by atoms with Crippen LogP contribution >= 0.6 is 0 Å². The fourth-order valence-electron chi connectivity index (χ4n) is 0.693. The third kappa shape index (κ3) is 2.17. The molecule has 1 aromatic rings. The molecule has 0 heterocycles. The van der Waals surface area contributed by atoms with Gasteiger partial charge in [-0.1, -0.05) is 29.8 Å². The third-order valence-electron chi connectivity index (χ3n) is 1.30. The highest BCUT2D eigenvalue weighted by atomic mass is 16.3. The van der Waals surface area contributed by atoms with E-state index in [0.717, 1.165) is 5.56 Å². The molecule has 0 saturated heterocycles. The Hall–Kier alpha value is -0.860. The third-order valence-corrected chi connectivity index (χ3v) is 1.30. The molecule has 0 spiro atoms. The van der Waals surface area contributed by atoms with Crippen LogP contribution in [0.1, 0.15) is 11.1 Å². The zero-order valence-corrected chi connectivity index (χ0v) is 5.96. The zero-order chi connectivity index (χ0) is 6.69. The van der Waals surface area contributed by atoms with Gasteiger partial charge in [0.15, 0.2) is 0 Å². The highest BCUT2D eigenvalue weighted by molar-refractivity contribution is 5.20. The van der Waals surface area contributed by atoms with Crippen molar-refractivity contribution in [3.8, 4) is 0 Å². The van der Waals surface area contributed by atoms with Crippen molar-refractivity contribution in [2.24, 2.45) is 0 Å². The van der Waals surface area contributed by atoms with Crippen LogP contribution in [0.4, 0.5) is 0 Å². The van der Waals surface area contributed by atoms with Crippen molar-refractivity contribution in [2.45, 2.75) is 13.5 Å². The first kappa shape index (κ1) is 9.14. The molecule has 1 rings (SSSR count). The number of benzene rings is 1. The maximum absolute atomic E-state index is 8.63. The molecule has 0 unspecified atom stereocenters. The van der Waals surface area contributed by atoms with Crippen LogP contribution in [-0.4, -0.2) is 10.6 Å². The molecule has 10 heavy (non-hydrogen) atoms. The van der Waals surface area contributed by atoms with E-state index in [-0.39, 0.29) is 12.1 Å².